The molecular weight excluding hydrogens is 440 g/mol. The van der Waals surface area contributed by atoms with Crippen molar-refractivity contribution in [1.82, 2.24) is 9.62 Å². The maximum Gasteiger partial charge on any atom is 0.251 e. The smallest absolute Gasteiger partial charge is 0.251 e. The molecule has 7 nitrogen and oxygen atoms in total. The molecule has 1 atom stereocenters. The van der Waals surface area contributed by atoms with Crippen molar-refractivity contribution in [3.8, 4) is 11.5 Å². The van der Waals surface area contributed by atoms with Crippen LogP contribution >= 0.6 is 0 Å². The minimum Gasteiger partial charge on any atom is -0.486 e. The van der Waals surface area contributed by atoms with E-state index in [0.29, 0.717) is 43.2 Å². The number of benzene rings is 3. The Kier molecular flexibility index (Phi) is 5.78. The average molecular weight is 465 g/mol. The molecule has 0 saturated heterocycles. The van der Waals surface area contributed by atoms with Crippen molar-refractivity contribution in [2.45, 2.75) is 24.0 Å². The molecule has 2 heterocycles. The van der Waals surface area contributed by atoms with Crippen molar-refractivity contribution >= 4 is 15.9 Å². The van der Waals surface area contributed by atoms with E-state index in [0.717, 1.165) is 5.56 Å². The monoisotopic (exact) mass is 464 g/mol. The van der Waals surface area contributed by atoms with Gasteiger partial charge in [0.2, 0.25) is 10.0 Å². The second-order valence-electron chi connectivity index (χ2n) is 8.09. The van der Waals surface area contributed by atoms with Crippen LogP contribution in [0.15, 0.2) is 77.7 Å². The van der Waals surface area contributed by atoms with Gasteiger partial charge >= 0.3 is 0 Å². The molecule has 0 unspecified atom stereocenters. The Bertz CT molecular complexity index is 1270. The van der Waals surface area contributed by atoms with Crippen LogP contribution in [0.25, 0.3) is 0 Å². The highest BCUT2D eigenvalue weighted by Crippen LogP contribution is 2.30. The molecule has 3 aromatic carbocycles. The first-order valence-corrected chi connectivity index (χ1v) is 12.3. The third-order valence-electron chi connectivity index (χ3n) is 5.91. The number of carbonyl (C=O) groups is 1. The van der Waals surface area contributed by atoms with Crippen LogP contribution in [0.2, 0.25) is 0 Å². The van der Waals surface area contributed by atoms with Crippen molar-refractivity contribution in [2.24, 2.45) is 0 Å². The first-order chi connectivity index (χ1) is 16.0. The third-order valence-corrected chi connectivity index (χ3v) is 7.77. The van der Waals surface area contributed by atoms with E-state index in [1.54, 1.807) is 0 Å². The maximum absolute atomic E-state index is 13.1. The standard InChI is InChI=1S/C25H24N2O5S/c28-25(26-15-21-17-31-23-7-3-4-8-24(23)32-21)19-9-11-22(12-10-19)33(29,30)27-14-13-18-5-1-2-6-20(18)16-27/h1-12,21H,13-17H2,(H,26,28)/t21-/m1/s1. The van der Waals surface area contributed by atoms with E-state index in [9.17, 15) is 13.2 Å². The third kappa shape index (κ3) is 4.44. The molecule has 0 bridgehead atoms. The summed E-state index contributed by atoms with van der Waals surface area (Å²) in [6, 6.07) is 21.3. The van der Waals surface area contributed by atoms with Gasteiger partial charge in [-0.25, -0.2) is 8.42 Å². The Morgan fingerprint density at radius 2 is 1.64 bits per heavy atom. The van der Waals surface area contributed by atoms with Crippen molar-refractivity contribution in [3.05, 3.63) is 89.5 Å². The quantitative estimate of drug-likeness (QED) is 0.628. The summed E-state index contributed by atoms with van der Waals surface area (Å²) in [5.41, 5.74) is 2.60. The van der Waals surface area contributed by atoms with Crippen LogP contribution in [0.5, 0.6) is 11.5 Å². The lowest BCUT2D eigenvalue weighted by Crippen LogP contribution is -2.40. The van der Waals surface area contributed by atoms with Gasteiger partial charge in [0.25, 0.3) is 5.91 Å². The molecular formula is C25H24N2O5S. The van der Waals surface area contributed by atoms with E-state index in [1.165, 1.54) is 34.1 Å². The zero-order chi connectivity index (χ0) is 22.8. The maximum atomic E-state index is 13.1. The molecule has 170 valence electrons. The number of ether oxygens (including phenoxy) is 2. The summed E-state index contributed by atoms with van der Waals surface area (Å²) in [7, 11) is -3.64. The molecule has 1 N–H and O–H groups in total. The molecule has 5 rings (SSSR count). The predicted octanol–water partition coefficient (Wildman–Crippen LogP) is 3.00. The van der Waals surface area contributed by atoms with E-state index in [2.05, 4.69) is 5.32 Å². The number of amides is 1. The lowest BCUT2D eigenvalue weighted by atomic mass is 10.0. The number of sulfonamides is 1. The molecule has 2 aliphatic rings. The SMILES string of the molecule is O=C(NC[C@@H]1COc2ccccc2O1)c1ccc(S(=O)(=O)N2CCc3ccccc3C2)cc1. The van der Waals surface area contributed by atoms with E-state index < -0.39 is 10.0 Å². The molecule has 2 aliphatic heterocycles. The Balaban J connectivity index is 1.21. The minimum absolute atomic E-state index is 0.180. The number of nitrogens with one attached hydrogen (secondary N) is 1. The second-order valence-corrected chi connectivity index (χ2v) is 10.0. The van der Waals surface area contributed by atoms with Gasteiger partial charge in [-0.05, 0) is 53.9 Å². The summed E-state index contributed by atoms with van der Waals surface area (Å²) >= 11 is 0. The number of para-hydroxylation sites is 2. The number of rotatable bonds is 5. The van der Waals surface area contributed by atoms with Gasteiger partial charge in [0.05, 0.1) is 11.4 Å². The van der Waals surface area contributed by atoms with Crippen LogP contribution in [-0.4, -0.2) is 44.4 Å². The van der Waals surface area contributed by atoms with Crippen LogP contribution in [0.4, 0.5) is 0 Å². The molecule has 0 aliphatic carbocycles. The average Bonchev–Trinajstić information content (AvgIpc) is 2.87. The predicted molar refractivity (Wildman–Crippen MR) is 123 cm³/mol. The Morgan fingerprint density at radius 1 is 0.939 bits per heavy atom. The van der Waals surface area contributed by atoms with Crippen LogP contribution in [-0.2, 0) is 23.0 Å². The van der Waals surface area contributed by atoms with E-state index in [-0.39, 0.29) is 23.5 Å². The van der Waals surface area contributed by atoms with E-state index in [4.69, 9.17) is 9.47 Å². The Morgan fingerprint density at radius 3 is 2.42 bits per heavy atom. The second kappa shape index (κ2) is 8.88. The highest BCUT2D eigenvalue weighted by atomic mass is 32.2. The molecule has 3 aromatic rings. The van der Waals surface area contributed by atoms with Gasteiger partial charge in [-0.2, -0.15) is 4.31 Å². The van der Waals surface area contributed by atoms with Gasteiger partial charge in [-0.3, -0.25) is 4.79 Å². The lowest BCUT2D eigenvalue weighted by Gasteiger charge is -2.28. The number of hydrogen-bond donors (Lipinski definition) is 1. The first-order valence-electron chi connectivity index (χ1n) is 10.8. The Hall–Kier alpha value is -3.36. The lowest BCUT2D eigenvalue weighted by molar-refractivity contribution is 0.0789. The number of hydrogen-bond acceptors (Lipinski definition) is 5. The highest BCUT2D eigenvalue weighted by Gasteiger charge is 2.28. The summed E-state index contributed by atoms with van der Waals surface area (Å²) in [5, 5.41) is 2.83. The summed E-state index contributed by atoms with van der Waals surface area (Å²) in [6.07, 6.45) is 0.387. The molecule has 0 saturated carbocycles. The minimum atomic E-state index is -3.64. The van der Waals surface area contributed by atoms with Gasteiger partial charge in [-0.15, -0.1) is 0 Å². The van der Waals surface area contributed by atoms with Crippen LogP contribution < -0.4 is 14.8 Å². The van der Waals surface area contributed by atoms with Crippen molar-refractivity contribution in [2.75, 3.05) is 19.7 Å². The van der Waals surface area contributed by atoms with Crippen molar-refractivity contribution in [3.63, 3.8) is 0 Å². The number of nitrogens with zero attached hydrogens (tertiary/aromatic N) is 1. The summed E-state index contributed by atoms with van der Waals surface area (Å²) < 4.78 is 39.2. The molecule has 8 heteroatoms. The normalized spacial score (nSPS) is 17.8. The summed E-state index contributed by atoms with van der Waals surface area (Å²) in [4.78, 5) is 12.7. The molecule has 0 aromatic heterocycles. The zero-order valence-electron chi connectivity index (χ0n) is 17.9. The van der Waals surface area contributed by atoms with Crippen LogP contribution in [0.3, 0.4) is 0 Å². The molecule has 0 fully saturated rings. The first kappa shape index (κ1) is 21.5. The zero-order valence-corrected chi connectivity index (χ0v) is 18.8. The van der Waals surface area contributed by atoms with Gasteiger partial charge in [-0.1, -0.05) is 36.4 Å². The molecule has 0 radical (unpaired) electrons. The fourth-order valence-corrected chi connectivity index (χ4v) is 5.49. The van der Waals surface area contributed by atoms with Gasteiger partial charge < -0.3 is 14.8 Å². The fraction of sp³-hybridized carbons (Fsp3) is 0.240. The fourth-order valence-electron chi connectivity index (χ4n) is 4.07. The van der Waals surface area contributed by atoms with Crippen molar-refractivity contribution in [1.29, 1.82) is 0 Å². The molecule has 1 amide bonds. The summed E-state index contributed by atoms with van der Waals surface area (Å²) in [5.74, 6) is 1.04. The molecule has 0 spiro atoms. The van der Waals surface area contributed by atoms with Gasteiger partial charge in [0, 0.05) is 18.7 Å². The highest BCUT2D eigenvalue weighted by molar-refractivity contribution is 7.89. The molecule has 33 heavy (non-hydrogen) atoms. The van der Waals surface area contributed by atoms with E-state index >= 15 is 0 Å². The topological polar surface area (TPSA) is 84.9 Å². The van der Waals surface area contributed by atoms with Gasteiger partial charge in [0.15, 0.2) is 11.5 Å². The van der Waals surface area contributed by atoms with Crippen molar-refractivity contribution < 1.29 is 22.7 Å². The van der Waals surface area contributed by atoms with E-state index in [1.807, 2.05) is 48.5 Å². The summed E-state index contributed by atoms with van der Waals surface area (Å²) in [6.45, 7) is 1.41. The van der Waals surface area contributed by atoms with Crippen LogP contribution in [0, 0.1) is 0 Å². The van der Waals surface area contributed by atoms with Crippen LogP contribution in [0.1, 0.15) is 21.5 Å². The Labute approximate surface area is 193 Å². The van der Waals surface area contributed by atoms with Gasteiger partial charge in [0.1, 0.15) is 12.7 Å². The largest absolute Gasteiger partial charge is 0.486 e. The number of fused-ring (bicyclic) bond motifs is 2. The number of carbonyl (C=O) groups excluding carboxylic acids is 1.